The molecule has 130 valence electrons. The molecular formula is C19H20N2O3S. The number of rotatable bonds is 4. The van der Waals surface area contributed by atoms with Crippen LogP contribution < -0.4 is 14.8 Å². The molecule has 0 spiro atoms. The number of hydrogen-bond acceptors (Lipinski definition) is 4. The number of aromatic amines is 1. The van der Waals surface area contributed by atoms with Crippen molar-refractivity contribution in [3.63, 3.8) is 0 Å². The van der Waals surface area contributed by atoms with E-state index in [4.69, 9.17) is 4.42 Å². The van der Waals surface area contributed by atoms with E-state index in [1.807, 2.05) is 13.0 Å². The van der Waals surface area contributed by atoms with Crippen LogP contribution in [0.25, 0.3) is 12.2 Å². The molecule has 3 aromatic rings. The van der Waals surface area contributed by atoms with Crippen LogP contribution in [0, 0.1) is 13.8 Å². The van der Waals surface area contributed by atoms with E-state index < -0.39 is 0 Å². The number of H-pyrrole nitrogens is 1. The molecule has 6 heteroatoms. The molecule has 3 heterocycles. The molecular weight excluding hydrogens is 336 g/mol. The van der Waals surface area contributed by atoms with E-state index in [0.717, 1.165) is 17.0 Å². The average molecular weight is 356 g/mol. The van der Waals surface area contributed by atoms with Gasteiger partial charge in [-0.1, -0.05) is 0 Å². The Labute approximate surface area is 148 Å². The van der Waals surface area contributed by atoms with Gasteiger partial charge >= 0.3 is 0 Å². The van der Waals surface area contributed by atoms with Crippen LogP contribution in [0.3, 0.4) is 0 Å². The van der Waals surface area contributed by atoms with Gasteiger partial charge in [-0.15, -0.1) is 11.3 Å². The second kappa shape index (κ2) is 6.72. The van der Waals surface area contributed by atoms with Crippen molar-refractivity contribution in [2.45, 2.75) is 33.7 Å². The van der Waals surface area contributed by atoms with Crippen molar-refractivity contribution in [1.29, 1.82) is 0 Å². The van der Waals surface area contributed by atoms with Gasteiger partial charge in [0.2, 0.25) is 5.78 Å². The highest BCUT2D eigenvalue weighted by Crippen LogP contribution is 2.20. The first-order valence-electron chi connectivity index (χ1n) is 8.05. The van der Waals surface area contributed by atoms with Gasteiger partial charge in [-0.25, -0.2) is 0 Å². The molecule has 0 atom stereocenters. The number of aromatic nitrogens is 2. The molecule has 0 radical (unpaired) electrons. The van der Waals surface area contributed by atoms with Gasteiger partial charge < -0.3 is 14.0 Å². The standard InChI is InChI=1S/C19H20N2O3S/c1-11(2)21-12(3)8-14(13(21)4)9-17-19(23)20-18(25-17)10-15(22)16-6-5-7-24-16/h5-11H,1-4H3,(H,20,23)/b17-9-,18-10-. The number of aryl methyl sites for hydroxylation is 1. The third kappa shape index (κ3) is 3.44. The maximum atomic E-state index is 12.2. The van der Waals surface area contributed by atoms with Gasteiger partial charge in [0.1, 0.15) is 0 Å². The van der Waals surface area contributed by atoms with E-state index in [2.05, 4.69) is 36.4 Å². The normalized spacial score (nSPS) is 13.2. The van der Waals surface area contributed by atoms with Crippen molar-refractivity contribution in [2.75, 3.05) is 0 Å². The highest BCUT2D eigenvalue weighted by Gasteiger charge is 2.10. The first-order chi connectivity index (χ1) is 11.9. The quantitative estimate of drug-likeness (QED) is 0.731. The van der Waals surface area contributed by atoms with Gasteiger partial charge in [-0.05, 0) is 57.5 Å². The van der Waals surface area contributed by atoms with Crippen LogP contribution in [0.1, 0.15) is 47.4 Å². The number of thiazole rings is 1. The average Bonchev–Trinajstić information content (AvgIpc) is 3.22. The summed E-state index contributed by atoms with van der Waals surface area (Å²) in [5.41, 5.74) is 3.10. The Bertz CT molecular complexity index is 1080. The summed E-state index contributed by atoms with van der Waals surface area (Å²) in [7, 11) is 0. The second-order valence-electron chi connectivity index (χ2n) is 6.21. The fraction of sp³-hybridized carbons (Fsp3) is 0.263. The molecule has 0 aliphatic rings. The monoisotopic (exact) mass is 356 g/mol. The van der Waals surface area contributed by atoms with Gasteiger partial charge in [0.25, 0.3) is 5.56 Å². The lowest BCUT2D eigenvalue weighted by Gasteiger charge is -2.13. The lowest BCUT2D eigenvalue weighted by Crippen LogP contribution is -2.20. The zero-order chi connectivity index (χ0) is 18.1. The van der Waals surface area contributed by atoms with Crippen molar-refractivity contribution >= 4 is 29.3 Å². The molecule has 0 saturated heterocycles. The van der Waals surface area contributed by atoms with Crippen LogP contribution >= 0.6 is 11.3 Å². The van der Waals surface area contributed by atoms with E-state index in [9.17, 15) is 9.59 Å². The molecule has 0 bridgehead atoms. The Morgan fingerprint density at radius 1 is 1.36 bits per heavy atom. The van der Waals surface area contributed by atoms with Gasteiger partial charge in [0, 0.05) is 23.5 Å². The molecule has 5 nitrogen and oxygen atoms in total. The van der Waals surface area contributed by atoms with Crippen molar-refractivity contribution in [3.05, 3.63) is 66.7 Å². The SMILES string of the molecule is Cc1cc(/C=c2\s/c(=C\C(=O)c3ccco3)[nH]c2=O)c(C)n1C(C)C. The first-order valence-corrected chi connectivity index (χ1v) is 8.87. The minimum Gasteiger partial charge on any atom is -0.461 e. The van der Waals surface area contributed by atoms with Crippen molar-refractivity contribution in [1.82, 2.24) is 9.55 Å². The van der Waals surface area contributed by atoms with Crippen LogP contribution in [-0.2, 0) is 0 Å². The smallest absolute Gasteiger partial charge is 0.266 e. The summed E-state index contributed by atoms with van der Waals surface area (Å²) in [5.74, 6) is -0.0210. The fourth-order valence-electron chi connectivity index (χ4n) is 3.02. The summed E-state index contributed by atoms with van der Waals surface area (Å²) >= 11 is 1.26. The predicted octanol–water partition coefficient (Wildman–Crippen LogP) is 2.52. The summed E-state index contributed by atoms with van der Waals surface area (Å²) in [6.45, 7) is 8.38. The van der Waals surface area contributed by atoms with Crippen LogP contribution in [0.5, 0.6) is 0 Å². The molecule has 0 fully saturated rings. The van der Waals surface area contributed by atoms with Crippen molar-refractivity contribution < 1.29 is 9.21 Å². The first kappa shape index (κ1) is 17.2. The Morgan fingerprint density at radius 3 is 2.72 bits per heavy atom. The van der Waals surface area contributed by atoms with Gasteiger partial charge in [0.05, 0.1) is 15.5 Å². The summed E-state index contributed by atoms with van der Waals surface area (Å²) < 4.78 is 8.39. The minimum absolute atomic E-state index is 0.196. The molecule has 0 unspecified atom stereocenters. The number of carbonyl (C=O) groups excluding carboxylic acids is 1. The number of nitrogens with zero attached hydrogens (tertiary/aromatic N) is 1. The topological polar surface area (TPSA) is 68.0 Å². The summed E-state index contributed by atoms with van der Waals surface area (Å²) in [6.07, 6.45) is 4.71. The second-order valence-corrected chi connectivity index (χ2v) is 7.29. The number of ketones is 1. The molecule has 0 aliphatic heterocycles. The van der Waals surface area contributed by atoms with E-state index in [1.54, 1.807) is 12.1 Å². The van der Waals surface area contributed by atoms with Gasteiger partial charge in [-0.3, -0.25) is 9.59 Å². The molecule has 0 aromatic carbocycles. The summed E-state index contributed by atoms with van der Waals surface area (Å²) in [6, 6.07) is 5.69. The van der Waals surface area contributed by atoms with Crippen LogP contribution in [0.2, 0.25) is 0 Å². The van der Waals surface area contributed by atoms with Crippen LogP contribution in [-0.4, -0.2) is 15.3 Å². The van der Waals surface area contributed by atoms with Crippen molar-refractivity contribution in [3.8, 4) is 0 Å². The zero-order valence-corrected chi connectivity index (χ0v) is 15.4. The number of Topliss-reactive ketones (excluding diaryl/α,β-unsaturated/α-hetero) is 1. The Hall–Kier alpha value is -2.60. The number of carbonyl (C=O) groups is 1. The zero-order valence-electron chi connectivity index (χ0n) is 14.6. The summed E-state index contributed by atoms with van der Waals surface area (Å²) in [5, 5.41) is 0. The van der Waals surface area contributed by atoms with Crippen molar-refractivity contribution in [2.24, 2.45) is 0 Å². The molecule has 3 aromatic heterocycles. The maximum absolute atomic E-state index is 12.2. The van der Waals surface area contributed by atoms with E-state index in [1.165, 1.54) is 23.7 Å². The number of nitrogens with one attached hydrogen (secondary N) is 1. The molecule has 0 saturated carbocycles. The highest BCUT2D eigenvalue weighted by molar-refractivity contribution is 7.07. The van der Waals surface area contributed by atoms with E-state index >= 15 is 0 Å². The maximum Gasteiger partial charge on any atom is 0.266 e. The highest BCUT2D eigenvalue weighted by atomic mass is 32.1. The lowest BCUT2D eigenvalue weighted by atomic mass is 10.2. The van der Waals surface area contributed by atoms with Crippen LogP contribution in [0.15, 0.2) is 33.7 Å². The predicted molar refractivity (Wildman–Crippen MR) is 99.6 cm³/mol. The number of furan rings is 1. The number of hydrogen-bond donors (Lipinski definition) is 1. The minimum atomic E-state index is -0.271. The molecule has 0 amide bonds. The lowest BCUT2D eigenvalue weighted by molar-refractivity contribution is 0.103. The fourth-order valence-corrected chi connectivity index (χ4v) is 3.89. The Balaban J connectivity index is 2.04. The van der Waals surface area contributed by atoms with E-state index in [-0.39, 0.29) is 17.1 Å². The third-order valence-electron chi connectivity index (χ3n) is 4.03. The van der Waals surface area contributed by atoms with Gasteiger partial charge in [0.15, 0.2) is 5.76 Å². The van der Waals surface area contributed by atoms with E-state index in [0.29, 0.717) is 15.2 Å². The van der Waals surface area contributed by atoms with Crippen LogP contribution in [0.4, 0.5) is 0 Å². The largest absolute Gasteiger partial charge is 0.461 e. The molecule has 0 aliphatic carbocycles. The third-order valence-corrected chi connectivity index (χ3v) is 5.00. The molecule has 3 rings (SSSR count). The Morgan fingerprint density at radius 2 is 2.12 bits per heavy atom. The van der Waals surface area contributed by atoms with Gasteiger partial charge in [-0.2, -0.15) is 0 Å². The summed E-state index contributed by atoms with van der Waals surface area (Å²) in [4.78, 5) is 27.0. The Kier molecular flexibility index (Phi) is 4.63. The molecule has 25 heavy (non-hydrogen) atoms. The molecule has 1 N–H and O–H groups in total.